The first-order chi connectivity index (χ1) is 10.5. The van der Waals surface area contributed by atoms with Crippen LogP contribution in [0.5, 0.6) is 0 Å². The summed E-state index contributed by atoms with van der Waals surface area (Å²) in [5.74, 6) is -1.55. The van der Waals surface area contributed by atoms with Crippen molar-refractivity contribution < 1.29 is 14.7 Å². The fraction of sp³-hybridized carbons (Fsp3) is 0.333. The van der Waals surface area contributed by atoms with Gasteiger partial charge in [0.05, 0.1) is 12.1 Å². The minimum absolute atomic E-state index is 0.0628. The zero-order valence-electron chi connectivity index (χ0n) is 12.3. The molecule has 2 heterocycles. The van der Waals surface area contributed by atoms with Gasteiger partial charge in [0.2, 0.25) is 5.91 Å². The topological polar surface area (TPSA) is 92.2 Å². The van der Waals surface area contributed by atoms with Crippen LogP contribution in [0, 0.1) is 5.92 Å². The van der Waals surface area contributed by atoms with Crippen LogP contribution in [-0.2, 0) is 16.0 Å². The number of amides is 1. The van der Waals surface area contributed by atoms with Crippen LogP contribution in [0.15, 0.2) is 29.9 Å². The first kappa shape index (κ1) is 16.1. The van der Waals surface area contributed by atoms with Gasteiger partial charge < -0.3 is 10.4 Å². The Morgan fingerprint density at radius 2 is 2.18 bits per heavy atom. The zero-order chi connectivity index (χ0) is 16.1. The van der Waals surface area contributed by atoms with Gasteiger partial charge in [-0.05, 0) is 18.1 Å². The largest absolute Gasteiger partial charge is 0.480 e. The van der Waals surface area contributed by atoms with Crippen molar-refractivity contribution in [1.82, 2.24) is 15.3 Å². The van der Waals surface area contributed by atoms with E-state index in [1.807, 2.05) is 12.1 Å². The van der Waals surface area contributed by atoms with E-state index in [1.165, 1.54) is 11.3 Å². The second kappa shape index (κ2) is 7.13. The van der Waals surface area contributed by atoms with Crippen molar-refractivity contribution in [2.24, 2.45) is 5.92 Å². The van der Waals surface area contributed by atoms with Gasteiger partial charge in [-0.2, -0.15) is 0 Å². The van der Waals surface area contributed by atoms with Gasteiger partial charge in [-0.1, -0.05) is 13.8 Å². The Morgan fingerprint density at radius 3 is 2.77 bits per heavy atom. The molecule has 0 aliphatic rings. The van der Waals surface area contributed by atoms with Gasteiger partial charge in [0, 0.05) is 23.3 Å². The molecule has 0 fully saturated rings. The maximum absolute atomic E-state index is 12.0. The molecule has 1 amide bonds. The van der Waals surface area contributed by atoms with E-state index in [4.69, 9.17) is 5.11 Å². The lowest BCUT2D eigenvalue weighted by molar-refractivity contribution is -0.143. The first-order valence-corrected chi connectivity index (χ1v) is 7.72. The van der Waals surface area contributed by atoms with Crippen LogP contribution in [0.2, 0.25) is 0 Å². The minimum Gasteiger partial charge on any atom is -0.480 e. The third kappa shape index (κ3) is 4.11. The molecule has 2 aromatic rings. The smallest absolute Gasteiger partial charge is 0.326 e. The van der Waals surface area contributed by atoms with Gasteiger partial charge in [0.25, 0.3) is 0 Å². The lowest BCUT2D eigenvalue weighted by Crippen LogP contribution is -2.44. The molecule has 0 aromatic carbocycles. The number of carbonyl (C=O) groups excluding carboxylic acids is 1. The standard InChI is InChI=1S/C15H17N3O3S/c1-9(2)13(15(20)21)18-12(19)6-11-8-22-14(17-11)10-4-3-5-16-7-10/h3-5,7-9,13H,6H2,1-2H3,(H,18,19)(H,20,21)/t13-/m1/s1. The Morgan fingerprint density at radius 1 is 1.41 bits per heavy atom. The molecule has 0 unspecified atom stereocenters. The molecule has 0 aliphatic carbocycles. The number of hydrogen-bond donors (Lipinski definition) is 2. The summed E-state index contributed by atoms with van der Waals surface area (Å²) in [6.45, 7) is 3.50. The number of rotatable bonds is 6. The van der Waals surface area contributed by atoms with Gasteiger partial charge in [-0.3, -0.25) is 9.78 Å². The monoisotopic (exact) mass is 319 g/mol. The number of nitrogens with one attached hydrogen (secondary N) is 1. The molecule has 2 rings (SSSR count). The summed E-state index contributed by atoms with van der Waals surface area (Å²) in [5, 5.41) is 14.2. The predicted octanol–water partition coefficient (Wildman–Crippen LogP) is 1.97. The zero-order valence-corrected chi connectivity index (χ0v) is 13.1. The Labute approximate surface area is 132 Å². The van der Waals surface area contributed by atoms with Crippen molar-refractivity contribution in [2.75, 3.05) is 0 Å². The average Bonchev–Trinajstić information content (AvgIpc) is 2.93. The highest BCUT2D eigenvalue weighted by atomic mass is 32.1. The summed E-state index contributed by atoms with van der Waals surface area (Å²) in [4.78, 5) is 31.5. The van der Waals surface area contributed by atoms with E-state index in [1.54, 1.807) is 31.6 Å². The van der Waals surface area contributed by atoms with Crippen LogP contribution in [0.4, 0.5) is 0 Å². The molecular formula is C15H17N3O3S. The van der Waals surface area contributed by atoms with Crippen LogP contribution in [0.1, 0.15) is 19.5 Å². The summed E-state index contributed by atoms with van der Waals surface area (Å²) < 4.78 is 0. The van der Waals surface area contributed by atoms with Gasteiger partial charge >= 0.3 is 5.97 Å². The number of pyridine rings is 1. The summed E-state index contributed by atoms with van der Waals surface area (Å²) >= 11 is 1.43. The number of aliphatic carboxylic acids is 1. The van der Waals surface area contributed by atoms with E-state index in [9.17, 15) is 9.59 Å². The molecular weight excluding hydrogens is 302 g/mol. The highest BCUT2D eigenvalue weighted by Gasteiger charge is 2.23. The highest BCUT2D eigenvalue weighted by Crippen LogP contribution is 2.22. The van der Waals surface area contributed by atoms with Crippen molar-refractivity contribution >= 4 is 23.2 Å². The molecule has 0 aliphatic heterocycles. The molecule has 0 saturated carbocycles. The van der Waals surface area contributed by atoms with Crippen LogP contribution in [-0.4, -0.2) is 33.0 Å². The Bertz CT molecular complexity index is 655. The molecule has 0 spiro atoms. The fourth-order valence-corrected chi connectivity index (χ4v) is 2.72. The Balaban J connectivity index is 2.01. The van der Waals surface area contributed by atoms with E-state index >= 15 is 0 Å². The number of aromatic nitrogens is 2. The number of thiazole rings is 1. The average molecular weight is 319 g/mol. The molecule has 2 aromatic heterocycles. The Hall–Kier alpha value is -2.28. The van der Waals surface area contributed by atoms with Gasteiger partial charge in [-0.15, -0.1) is 11.3 Å². The molecule has 0 bridgehead atoms. The molecule has 1 atom stereocenters. The van der Waals surface area contributed by atoms with E-state index in [0.717, 1.165) is 10.6 Å². The highest BCUT2D eigenvalue weighted by molar-refractivity contribution is 7.13. The van der Waals surface area contributed by atoms with E-state index < -0.39 is 12.0 Å². The lowest BCUT2D eigenvalue weighted by atomic mass is 10.0. The molecule has 0 radical (unpaired) electrons. The number of hydrogen-bond acceptors (Lipinski definition) is 5. The quantitative estimate of drug-likeness (QED) is 0.849. The fourth-order valence-electron chi connectivity index (χ4n) is 1.91. The molecule has 0 saturated heterocycles. The maximum Gasteiger partial charge on any atom is 0.326 e. The number of carbonyl (C=O) groups is 2. The van der Waals surface area contributed by atoms with Crippen molar-refractivity contribution in [1.29, 1.82) is 0 Å². The summed E-state index contributed by atoms with van der Waals surface area (Å²) in [7, 11) is 0. The SMILES string of the molecule is CC(C)[C@@H](NC(=O)Cc1csc(-c2cccnc2)n1)C(=O)O. The van der Waals surface area contributed by atoms with Crippen LogP contribution >= 0.6 is 11.3 Å². The second-order valence-corrected chi connectivity index (χ2v) is 6.05. The summed E-state index contributed by atoms with van der Waals surface area (Å²) in [6, 6.07) is 2.84. The van der Waals surface area contributed by atoms with Gasteiger partial charge in [0.15, 0.2) is 0 Å². The Kier molecular flexibility index (Phi) is 5.21. The molecule has 2 N–H and O–H groups in total. The van der Waals surface area contributed by atoms with Crippen LogP contribution in [0.25, 0.3) is 10.6 Å². The first-order valence-electron chi connectivity index (χ1n) is 6.84. The van der Waals surface area contributed by atoms with E-state index in [-0.39, 0.29) is 18.2 Å². The molecule has 6 nitrogen and oxygen atoms in total. The van der Waals surface area contributed by atoms with Gasteiger partial charge in [-0.25, -0.2) is 9.78 Å². The molecule has 116 valence electrons. The molecule has 7 heteroatoms. The number of nitrogens with zero attached hydrogens (tertiary/aromatic N) is 2. The number of carboxylic acid groups (broad SMARTS) is 1. The van der Waals surface area contributed by atoms with Crippen LogP contribution in [0.3, 0.4) is 0 Å². The van der Waals surface area contributed by atoms with Crippen molar-refractivity contribution in [3.05, 3.63) is 35.6 Å². The van der Waals surface area contributed by atoms with Crippen molar-refractivity contribution in [2.45, 2.75) is 26.3 Å². The summed E-state index contributed by atoms with van der Waals surface area (Å²) in [6.07, 6.45) is 3.46. The van der Waals surface area contributed by atoms with Gasteiger partial charge in [0.1, 0.15) is 11.0 Å². The van der Waals surface area contributed by atoms with E-state index in [2.05, 4.69) is 15.3 Å². The van der Waals surface area contributed by atoms with Crippen molar-refractivity contribution in [3.8, 4) is 10.6 Å². The van der Waals surface area contributed by atoms with E-state index in [0.29, 0.717) is 5.69 Å². The molecule has 22 heavy (non-hydrogen) atoms. The van der Waals surface area contributed by atoms with Crippen molar-refractivity contribution in [3.63, 3.8) is 0 Å². The third-order valence-electron chi connectivity index (χ3n) is 3.05. The lowest BCUT2D eigenvalue weighted by Gasteiger charge is -2.17. The second-order valence-electron chi connectivity index (χ2n) is 5.19. The third-order valence-corrected chi connectivity index (χ3v) is 3.99. The minimum atomic E-state index is -1.03. The predicted molar refractivity (Wildman–Crippen MR) is 83.5 cm³/mol. The number of carboxylic acids is 1. The normalized spacial score (nSPS) is 12.1. The van der Waals surface area contributed by atoms with Crippen LogP contribution < -0.4 is 5.32 Å². The maximum atomic E-state index is 12.0. The summed E-state index contributed by atoms with van der Waals surface area (Å²) in [5.41, 5.74) is 1.51.